The fourth-order valence-electron chi connectivity index (χ4n) is 2.46. The molecule has 1 aromatic heterocycles. The van der Waals surface area contributed by atoms with Gasteiger partial charge in [-0.05, 0) is 39.4 Å². The Morgan fingerprint density at radius 1 is 1.56 bits per heavy atom. The number of H-pyrrole nitrogens is 1. The average molecular weight is 267 g/mol. The number of nitrogens with one attached hydrogen (secondary N) is 2. The number of thioether (sulfide) groups is 1. The van der Waals surface area contributed by atoms with Crippen molar-refractivity contribution < 1.29 is 0 Å². The summed E-state index contributed by atoms with van der Waals surface area (Å²) in [4.78, 5) is 19.1. The van der Waals surface area contributed by atoms with Crippen LogP contribution in [0.3, 0.4) is 0 Å². The first-order chi connectivity index (χ1) is 8.58. The molecule has 1 aromatic rings. The van der Waals surface area contributed by atoms with Crippen LogP contribution in [-0.2, 0) is 0 Å². The lowest BCUT2D eigenvalue weighted by Crippen LogP contribution is -2.31. The predicted molar refractivity (Wildman–Crippen MR) is 76.2 cm³/mol. The minimum Gasteiger partial charge on any atom is -0.310 e. The standard InChI is InChI=1S/C13H21N3OS/c1-8(14-7-11-5-4-6-18-11)12-9(2)15-10(3)16-13(12)17/h8,11,14H,4-7H2,1-3H3,(H,15,16,17). The fourth-order valence-corrected chi connectivity index (χ4v) is 3.68. The summed E-state index contributed by atoms with van der Waals surface area (Å²) in [6.07, 6.45) is 2.60. The summed E-state index contributed by atoms with van der Waals surface area (Å²) in [7, 11) is 0. The van der Waals surface area contributed by atoms with Crippen molar-refractivity contribution in [3.05, 3.63) is 27.4 Å². The Hall–Kier alpha value is -0.810. The molecular weight excluding hydrogens is 246 g/mol. The Morgan fingerprint density at radius 2 is 2.33 bits per heavy atom. The van der Waals surface area contributed by atoms with Gasteiger partial charge in [-0.15, -0.1) is 0 Å². The van der Waals surface area contributed by atoms with E-state index >= 15 is 0 Å². The zero-order valence-corrected chi connectivity index (χ0v) is 12.1. The van der Waals surface area contributed by atoms with Crippen LogP contribution in [0.1, 0.15) is 42.9 Å². The van der Waals surface area contributed by atoms with E-state index in [9.17, 15) is 4.79 Å². The second-order valence-corrected chi connectivity index (χ2v) is 6.32. The van der Waals surface area contributed by atoms with Gasteiger partial charge in [0.2, 0.25) is 0 Å². The lowest BCUT2D eigenvalue weighted by atomic mass is 10.1. The summed E-state index contributed by atoms with van der Waals surface area (Å²) in [5.74, 6) is 1.95. The van der Waals surface area contributed by atoms with E-state index in [-0.39, 0.29) is 11.6 Å². The number of nitrogens with zero attached hydrogens (tertiary/aromatic N) is 1. The third kappa shape index (κ3) is 3.14. The molecule has 0 bridgehead atoms. The van der Waals surface area contributed by atoms with Crippen molar-refractivity contribution in [3.63, 3.8) is 0 Å². The van der Waals surface area contributed by atoms with Gasteiger partial charge in [0.25, 0.3) is 5.56 Å². The maximum atomic E-state index is 12.0. The second-order valence-electron chi connectivity index (χ2n) is 4.92. The van der Waals surface area contributed by atoms with E-state index in [4.69, 9.17) is 0 Å². The molecule has 1 fully saturated rings. The third-order valence-electron chi connectivity index (χ3n) is 3.37. The first-order valence-corrected chi connectivity index (χ1v) is 7.55. The van der Waals surface area contributed by atoms with Gasteiger partial charge in [0.1, 0.15) is 5.82 Å². The fraction of sp³-hybridized carbons (Fsp3) is 0.692. The highest BCUT2D eigenvalue weighted by Crippen LogP contribution is 2.25. The molecule has 0 amide bonds. The van der Waals surface area contributed by atoms with Crippen LogP contribution in [0.15, 0.2) is 4.79 Å². The minimum atomic E-state index is -0.0147. The molecule has 0 aromatic carbocycles. The lowest BCUT2D eigenvalue weighted by Gasteiger charge is -2.17. The molecule has 1 saturated heterocycles. The predicted octanol–water partition coefficient (Wildman–Crippen LogP) is 1.93. The van der Waals surface area contributed by atoms with Crippen molar-refractivity contribution in [2.45, 2.75) is 44.9 Å². The number of hydrogen-bond acceptors (Lipinski definition) is 4. The smallest absolute Gasteiger partial charge is 0.255 e. The van der Waals surface area contributed by atoms with E-state index in [2.05, 4.69) is 15.3 Å². The van der Waals surface area contributed by atoms with Gasteiger partial charge in [0.05, 0.1) is 5.56 Å². The van der Waals surface area contributed by atoms with E-state index in [1.807, 2.05) is 32.5 Å². The van der Waals surface area contributed by atoms with Gasteiger partial charge in [-0.3, -0.25) is 4.79 Å². The molecule has 2 rings (SSSR count). The van der Waals surface area contributed by atoms with Crippen molar-refractivity contribution in [1.29, 1.82) is 0 Å². The summed E-state index contributed by atoms with van der Waals surface area (Å²) >= 11 is 2.03. The molecule has 4 nitrogen and oxygen atoms in total. The van der Waals surface area contributed by atoms with E-state index in [0.29, 0.717) is 11.1 Å². The quantitative estimate of drug-likeness (QED) is 0.875. The molecule has 0 radical (unpaired) electrons. The highest BCUT2D eigenvalue weighted by Gasteiger charge is 2.19. The molecular formula is C13H21N3OS. The Balaban J connectivity index is 2.04. The van der Waals surface area contributed by atoms with Crippen LogP contribution in [0.25, 0.3) is 0 Å². The van der Waals surface area contributed by atoms with E-state index in [1.54, 1.807) is 0 Å². The van der Waals surface area contributed by atoms with E-state index in [0.717, 1.165) is 17.8 Å². The van der Waals surface area contributed by atoms with Crippen LogP contribution in [0.2, 0.25) is 0 Å². The van der Waals surface area contributed by atoms with Gasteiger partial charge < -0.3 is 10.3 Å². The Labute approximate surface area is 112 Å². The summed E-state index contributed by atoms with van der Waals surface area (Å²) in [6.45, 7) is 6.72. The monoisotopic (exact) mass is 267 g/mol. The highest BCUT2D eigenvalue weighted by molar-refractivity contribution is 8.00. The Bertz CT molecular complexity index is 466. The number of aryl methyl sites for hydroxylation is 2. The molecule has 2 unspecified atom stereocenters. The zero-order valence-electron chi connectivity index (χ0n) is 11.2. The molecule has 18 heavy (non-hydrogen) atoms. The maximum Gasteiger partial charge on any atom is 0.255 e. The van der Waals surface area contributed by atoms with Crippen LogP contribution in [-0.4, -0.2) is 27.5 Å². The highest BCUT2D eigenvalue weighted by atomic mass is 32.2. The molecule has 0 aliphatic carbocycles. The SMILES string of the molecule is Cc1nc(C)c(C(C)NCC2CCCS2)c(=O)[nH]1. The van der Waals surface area contributed by atoms with Crippen molar-refractivity contribution >= 4 is 11.8 Å². The largest absolute Gasteiger partial charge is 0.310 e. The van der Waals surface area contributed by atoms with Crippen molar-refractivity contribution in [2.75, 3.05) is 12.3 Å². The topological polar surface area (TPSA) is 57.8 Å². The lowest BCUT2D eigenvalue weighted by molar-refractivity contribution is 0.549. The Morgan fingerprint density at radius 3 is 2.94 bits per heavy atom. The number of rotatable bonds is 4. The molecule has 1 aliphatic rings. The van der Waals surface area contributed by atoms with Gasteiger partial charge in [0.15, 0.2) is 0 Å². The molecule has 2 N–H and O–H groups in total. The number of aromatic amines is 1. The van der Waals surface area contributed by atoms with Crippen LogP contribution in [0.4, 0.5) is 0 Å². The van der Waals surface area contributed by atoms with Crippen molar-refractivity contribution in [3.8, 4) is 0 Å². The first-order valence-electron chi connectivity index (χ1n) is 6.50. The van der Waals surface area contributed by atoms with Gasteiger partial charge >= 0.3 is 0 Å². The summed E-state index contributed by atoms with van der Waals surface area (Å²) in [5.41, 5.74) is 1.58. The van der Waals surface area contributed by atoms with E-state index < -0.39 is 0 Å². The van der Waals surface area contributed by atoms with Crippen molar-refractivity contribution in [2.24, 2.45) is 0 Å². The van der Waals surface area contributed by atoms with Crippen LogP contribution in [0, 0.1) is 13.8 Å². The Kier molecular flexibility index (Phi) is 4.45. The number of hydrogen-bond donors (Lipinski definition) is 2. The number of aromatic nitrogens is 2. The molecule has 0 spiro atoms. The van der Waals surface area contributed by atoms with Gasteiger partial charge in [0, 0.05) is 23.5 Å². The third-order valence-corrected chi connectivity index (χ3v) is 4.77. The van der Waals surface area contributed by atoms with Crippen LogP contribution >= 0.6 is 11.8 Å². The molecule has 100 valence electrons. The van der Waals surface area contributed by atoms with Crippen LogP contribution in [0.5, 0.6) is 0 Å². The first kappa shape index (κ1) is 13.6. The molecule has 2 heterocycles. The second kappa shape index (κ2) is 5.89. The van der Waals surface area contributed by atoms with E-state index in [1.165, 1.54) is 18.6 Å². The van der Waals surface area contributed by atoms with Gasteiger partial charge in [-0.2, -0.15) is 11.8 Å². The van der Waals surface area contributed by atoms with Crippen LogP contribution < -0.4 is 10.9 Å². The zero-order chi connectivity index (χ0) is 13.1. The van der Waals surface area contributed by atoms with Crippen molar-refractivity contribution in [1.82, 2.24) is 15.3 Å². The molecule has 2 atom stereocenters. The maximum absolute atomic E-state index is 12.0. The average Bonchev–Trinajstić information content (AvgIpc) is 2.77. The molecule has 1 aliphatic heterocycles. The minimum absolute atomic E-state index is 0.0147. The van der Waals surface area contributed by atoms with Gasteiger partial charge in [-0.1, -0.05) is 0 Å². The normalized spacial score (nSPS) is 21.2. The molecule has 0 saturated carbocycles. The summed E-state index contributed by atoms with van der Waals surface area (Å²) in [5, 5.41) is 4.16. The van der Waals surface area contributed by atoms with Gasteiger partial charge in [-0.25, -0.2) is 4.98 Å². The molecule has 5 heteroatoms. The summed E-state index contributed by atoms with van der Waals surface area (Å²) < 4.78 is 0. The summed E-state index contributed by atoms with van der Waals surface area (Å²) in [6, 6.07) is 0.0584.